The first-order valence-electron chi connectivity index (χ1n) is 22.3. The number of aryl methyl sites for hydroxylation is 4. The predicted molar refractivity (Wildman–Crippen MR) is 279 cm³/mol. The highest BCUT2D eigenvalue weighted by atomic mass is 35.7. The van der Waals surface area contributed by atoms with Gasteiger partial charge in [-0.15, -0.1) is 0 Å². The molecular weight excluding hydrogens is 1020 g/mol. The molecular formula is C50H49Cl5N8O4S2. The second kappa shape index (κ2) is 21.4. The van der Waals surface area contributed by atoms with Crippen LogP contribution in [0.5, 0.6) is 0 Å². The summed E-state index contributed by atoms with van der Waals surface area (Å²) in [5, 5.41) is 5.63. The van der Waals surface area contributed by atoms with Crippen LogP contribution in [0, 0.1) is 27.7 Å². The number of rotatable bonds is 7. The van der Waals surface area contributed by atoms with Crippen LogP contribution in [0.25, 0.3) is 45.1 Å². The lowest BCUT2D eigenvalue weighted by atomic mass is 10.1. The van der Waals surface area contributed by atoms with Gasteiger partial charge in [-0.2, -0.15) is 4.31 Å². The molecule has 19 heteroatoms. The van der Waals surface area contributed by atoms with Crippen molar-refractivity contribution in [1.82, 2.24) is 38.7 Å². The number of sulfonamides is 1. The van der Waals surface area contributed by atoms with Gasteiger partial charge in [0.1, 0.15) is 22.7 Å². The molecule has 1 N–H and O–H groups in total. The van der Waals surface area contributed by atoms with Crippen molar-refractivity contribution in [2.75, 3.05) is 26.2 Å². The summed E-state index contributed by atoms with van der Waals surface area (Å²) in [6.45, 7) is 10.5. The molecule has 8 aromatic rings. The lowest BCUT2D eigenvalue weighted by Crippen LogP contribution is -2.39. The Labute approximate surface area is 427 Å². The van der Waals surface area contributed by atoms with Gasteiger partial charge in [0.2, 0.25) is 10.0 Å². The topological polar surface area (TPSA) is 145 Å². The molecule has 12 nitrogen and oxygen atoms in total. The standard InChI is InChI=1S/C25H24Cl2N4O2S.C18H19ClN4.C7H6Cl2O2S/c1-16-7-9-19(15-22(16)27)34(32,33)30-13-11-18(12-14-30)31-24(20-5-3-4-6-21(20)26)29-23-10-8-17(2)28-25(23)31;1-12-6-7-16-18(21-12)23(13-8-10-20-11-9-13)17(22-16)14-4-2-3-5-15(14)19;1-5-2-3-6(4-7(5)8)12(9,10)11/h3-10,15,18H,11-14H2,1-2H3;2-7,13,20H,8-11H2,1H3;2-4H,1H3. The maximum atomic E-state index is 13.3. The number of halogens is 5. The van der Waals surface area contributed by atoms with Crippen molar-refractivity contribution < 1.29 is 16.8 Å². The Hall–Kier alpha value is -4.61. The van der Waals surface area contributed by atoms with Gasteiger partial charge in [-0.05, 0) is 150 Å². The van der Waals surface area contributed by atoms with Crippen molar-refractivity contribution in [3.8, 4) is 22.8 Å². The molecule has 2 aliphatic rings. The first kappa shape index (κ1) is 50.8. The summed E-state index contributed by atoms with van der Waals surface area (Å²) in [6, 6.07) is 33.2. The predicted octanol–water partition coefficient (Wildman–Crippen LogP) is 12.6. The Morgan fingerprint density at radius 3 is 1.41 bits per heavy atom. The lowest BCUT2D eigenvalue weighted by molar-refractivity contribution is 0.278. The van der Waals surface area contributed by atoms with Crippen LogP contribution in [-0.4, -0.2) is 76.4 Å². The van der Waals surface area contributed by atoms with Crippen LogP contribution in [-0.2, 0) is 19.1 Å². The molecule has 0 bridgehead atoms. The summed E-state index contributed by atoms with van der Waals surface area (Å²) in [6.07, 6.45) is 3.44. The van der Waals surface area contributed by atoms with Gasteiger partial charge in [0.15, 0.2) is 11.3 Å². The zero-order valence-electron chi connectivity index (χ0n) is 38.2. The first-order valence-corrected chi connectivity index (χ1v) is 27.6. The molecule has 2 saturated heterocycles. The van der Waals surface area contributed by atoms with Crippen LogP contribution in [0.3, 0.4) is 0 Å². The number of nitrogens with one attached hydrogen (secondary N) is 1. The second-order valence-electron chi connectivity index (χ2n) is 17.0. The maximum absolute atomic E-state index is 13.3. The zero-order chi connectivity index (χ0) is 49.2. The fourth-order valence-corrected chi connectivity index (χ4v) is 11.7. The van der Waals surface area contributed by atoms with Crippen molar-refractivity contribution in [2.24, 2.45) is 0 Å². The van der Waals surface area contributed by atoms with E-state index in [2.05, 4.69) is 20.5 Å². The van der Waals surface area contributed by atoms with Gasteiger partial charge in [0.05, 0.1) is 19.8 Å². The van der Waals surface area contributed by atoms with Crippen LogP contribution in [0.15, 0.2) is 119 Å². The smallest absolute Gasteiger partial charge is 0.261 e. The van der Waals surface area contributed by atoms with E-state index in [1.54, 1.807) is 25.1 Å². The maximum Gasteiger partial charge on any atom is 0.261 e. The van der Waals surface area contributed by atoms with Crippen molar-refractivity contribution in [1.29, 1.82) is 0 Å². The molecule has 0 unspecified atom stereocenters. The summed E-state index contributed by atoms with van der Waals surface area (Å²) >= 11 is 24.9. The van der Waals surface area contributed by atoms with Gasteiger partial charge in [0, 0.05) is 68.4 Å². The van der Waals surface area contributed by atoms with E-state index in [4.69, 9.17) is 77.0 Å². The van der Waals surface area contributed by atoms with Gasteiger partial charge in [0.25, 0.3) is 9.05 Å². The number of hydrogen-bond acceptors (Lipinski definition) is 9. The van der Waals surface area contributed by atoms with E-state index in [9.17, 15) is 16.8 Å². The van der Waals surface area contributed by atoms with Crippen LogP contribution in [0.1, 0.15) is 60.3 Å². The van der Waals surface area contributed by atoms with E-state index in [0.29, 0.717) is 47.0 Å². The van der Waals surface area contributed by atoms with Gasteiger partial charge in [-0.25, -0.2) is 36.8 Å². The van der Waals surface area contributed by atoms with Crippen molar-refractivity contribution in [3.05, 3.63) is 152 Å². The fourth-order valence-electron chi connectivity index (χ4n) is 8.51. The Morgan fingerprint density at radius 2 is 0.957 bits per heavy atom. The highest BCUT2D eigenvalue weighted by Crippen LogP contribution is 2.38. The monoisotopic (exact) mass is 1060 g/mol. The second-order valence-corrected chi connectivity index (χ2v) is 23.2. The molecule has 2 aliphatic heterocycles. The molecule has 0 radical (unpaired) electrons. The molecule has 69 heavy (non-hydrogen) atoms. The van der Waals surface area contributed by atoms with Crippen molar-refractivity contribution in [2.45, 2.75) is 75.3 Å². The van der Waals surface area contributed by atoms with E-state index in [0.717, 1.165) is 98.6 Å². The summed E-state index contributed by atoms with van der Waals surface area (Å²) in [7, 11) is -2.18. The number of aromatic nitrogens is 6. The minimum Gasteiger partial charge on any atom is -0.317 e. The van der Waals surface area contributed by atoms with Gasteiger partial charge in [-0.3, -0.25) is 0 Å². The third-order valence-corrected chi connectivity index (χ3v) is 17.0. The Kier molecular flexibility index (Phi) is 15.7. The van der Waals surface area contributed by atoms with E-state index in [1.165, 1.54) is 22.5 Å². The third-order valence-electron chi connectivity index (χ3n) is 12.3. The molecule has 0 amide bonds. The Bertz CT molecular complexity index is 3410. The molecule has 0 saturated carbocycles. The zero-order valence-corrected chi connectivity index (χ0v) is 43.6. The highest BCUT2D eigenvalue weighted by molar-refractivity contribution is 8.13. The first-order chi connectivity index (χ1) is 32.9. The van der Waals surface area contributed by atoms with E-state index in [1.807, 2.05) is 87.5 Å². The van der Waals surface area contributed by atoms with E-state index < -0.39 is 19.1 Å². The highest BCUT2D eigenvalue weighted by Gasteiger charge is 2.33. The van der Waals surface area contributed by atoms with Crippen molar-refractivity contribution in [3.63, 3.8) is 0 Å². The van der Waals surface area contributed by atoms with Gasteiger partial charge in [-0.1, -0.05) is 82.8 Å². The SMILES string of the molecule is Cc1ccc(S(=O)(=O)Cl)cc1Cl.Cc1ccc2nc(-c3ccccc3Cl)n(C3CCN(S(=O)(=O)c4ccc(C)c(Cl)c4)CC3)c2n1.Cc1ccc2nc(-c3ccccc3Cl)n(C3CCNCC3)c2n1. The fraction of sp³-hybridized carbons (Fsp3) is 0.280. The van der Waals surface area contributed by atoms with E-state index in [-0.39, 0.29) is 15.8 Å². The molecule has 0 spiro atoms. The van der Waals surface area contributed by atoms with E-state index >= 15 is 0 Å². The molecule has 10 rings (SSSR count). The third kappa shape index (κ3) is 11.3. The molecule has 360 valence electrons. The normalized spacial score (nSPS) is 15.1. The molecule has 0 atom stereocenters. The molecule has 4 aromatic carbocycles. The summed E-state index contributed by atoms with van der Waals surface area (Å²) in [5.41, 5.74) is 8.88. The summed E-state index contributed by atoms with van der Waals surface area (Å²) in [5.74, 6) is 1.68. The van der Waals surface area contributed by atoms with Crippen molar-refractivity contribution >= 4 is 98.5 Å². The average Bonchev–Trinajstić information content (AvgIpc) is 3.89. The van der Waals surface area contributed by atoms with Crippen LogP contribution < -0.4 is 5.32 Å². The molecule has 6 heterocycles. The minimum atomic E-state index is -3.65. The quantitative estimate of drug-likeness (QED) is 0.154. The number of nitrogens with zero attached hydrogens (tertiary/aromatic N) is 7. The minimum absolute atomic E-state index is 0.0276. The largest absolute Gasteiger partial charge is 0.317 e. The average molecular weight is 1070 g/mol. The number of piperidine rings is 2. The van der Waals surface area contributed by atoms with Gasteiger partial charge < -0.3 is 14.5 Å². The Balaban J connectivity index is 0.000000157. The molecule has 2 fully saturated rings. The summed E-state index contributed by atoms with van der Waals surface area (Å²) < 4.78 is 54.1. The van der Waals surface area contributed by atoms with Crippen LogP contribution >= 0.6 is 57.1 Å². The van der Waals surface area contributed by atoms with Gasteiger partial charge >= 0.3 is 0 Å². The number of fused-ring (bicyclic) bond motifs is 2. The number of pyridine rings is 2. The molecule has 4 aromatic heterocycles. The Morgan fingerprint density at radius 1 is 0.522 bits per heavy atom. The van der Waals surface area contributed by atoms with Crippen LogP contribution in [0.4, 0.5) is 0 Å². The van der Waals surface area contributed by atoms with Crippen LogP contribution in [0.2, 0.25) is 20.1 Å². The number of imidazole rings is 2. The lowest BCUT2D eigenvalue weighted by Gasteiger charge is -2.32. The number of hydrogen-bond donors (Lipinski definition) is 1. The molecule has 0 aliphatic carbocycles. The summed E-state index contributed by atoms with van der Waals surface area (Å²) in [4.78, 5) is 19.5. The number of benzene rings is 4.